The maximum absolute atomic E-state index is 11.7. The van der Waals surface area contributed by atoms with Gasteiger partial charge in [-0.05, 0) is 45.8 Å². The molecule has 0 unspecified atom stereocenters. The minimum atomic E-state index is -0.415. The number of benzene rings is 2. The van der Waals surface area contributed by atoms with Crippen LogP contribution in [0.1, 0.15) is 15.9 Å². The number of rotatable bonds is 5. The highest BCUT2D eigenvalue weighted by molar-refractivity contribution is 9.10. The van der Waals surface area contributed by atoms with E-state index in [1.165, 1.54) is 7.11 Å². The molecule has 2 rings (SSSR count). The van der Waals surface area contributed by atoms with Gasteiger partial charge in [0.05, 0.1) is 18.7 Å². The Morgan fingerprint density at radius 2 is 1.86 bits per heavy atom. The smallest absolute Gasteiger partial charge is 0.341 e. The van der Waals surface area contributed by atoms with Crippen molar-refractivity contribution in [3.8, 4) is 11.5 Å². The van der Waals surface area contributed by atoms with Crippen molar-refractivity contribution in [2.45, 2.75) is 6.61 Å². The molecule has 0 saturated heterocycles. The highest BCUT2D eigenvalue weighted by Crippen LogP contribution is 2.26. The molecule has 0 bridgehead atoms. The maximum Gasteiger partial charge on any atom is 0.341 e. The van der Waals surface area contributed by atoms with Crippen LogP contribution < -0.4 is 9.47 Å². The lowest BCUT2D eigenvalue weighted by Crippen LogP contribution is -2.05. The van der Waals surface area contributed by atoms with E-state index in [-0.39, 0.29) is 0 Å². The zero-order valence-corrected chi connectivity index (χ0v) is 13.3. The molecule has 0 spiro atoms. The van der Waals surface area contributed by atoms with E-state index in [2.05, 4.69) is 15.9 Å². The van der Waals surface area contributed by atoms with Crippen molar-refractivity contribution in [1.29, 1.82) is 0 Å². The normalized spacial score (nSPS) is 10.0. The Balaban J connectivity index is 2.13. The summed E-state index contributed by atoms with van der Waals surface area (Å²) in [5, 5.41) is 0. The highest BCUT2D eigenvalue weighted by atomic mass is 79.9. The molecule has 5 heteroatoms. The third-order valence-electron chi connectivity index (χ3n) is 2.90. The Bertz CT molecular complexity index is 640. The predicted octanol–water partition coefficient (Wildman–Crippen LogP) is 3.82. The number of hydrogen-bond acceptors (Lipinski definition) is 4. The first kappa shape index (κ1) is 15.4. The van der Waals surface area contributed by atoms with Crippen molar-refractivity contribution >= 4 is 21.9 Å². The van der Waals surface area contributed by atoms with Crippen LogP contribution in [0.2, 0.25) is 0 Å². The molecule has 0 atom stereocenters. The molecule has 2 aromatic carbocycles. The van der Waals surface area contributed by atoms with Crippen molar-refractivity contribution < 1.29 is 19.0 Å². The van der Waals surface area contributed by atoms with E-state index >= 15 is 0 Å². The van der Waals surface area contributed by atoms with Crippen molar-refractivity contribution in [1.82, 2.24) is 0 Å². The molecule has 0 aliphatic rings. The van der Waals surface area contributed by atoms with Gasteiger partial charge in [-0.1, -0.05) is 18.2 Å². The second-order valence-corrected chi connectivity index (χ2v) is 5.10. The molecule has 4 nitrogen and oxygen atoms in total. The summed E-state index contributed by atoms with van der Waals surface area (Å²) >= 11 is 3.43. The van der Waals surface area contributed by atoms with E-state index in [4.69, 9.17) is 14.2 Å². The van der Waals surface area contributed by atoms with Gasteiger partial charge in [0.25, 0.3) is 0 Å². The fourth-order valence-electron chi connectivity index (χ4n) is 1.83. The monoisotopic (exact) mass is 350 g/mol. The molecule has 0 radical (unpaired) electrons. The molecule has 0 N–H and O–H groups in total. The van der Waals surface area contributed by atoms with Crippen LogP contribution in [-0.2, 0) is 11.3 Å². The molecule has 0 saturated carbocycles. The Hall–Kier alpha value is -2.01. The molecule has 0 aromatic heterocycles. The minimum absolute atomic E-state index is 0.344. The van der Waals surface area contributed by atoms with Gasteiger partial charge < -0.3 is 14.2 Å². The summed E-state index contributed by atoms with van der Waals surface area (Å²) in [6, 6.07) is 12.7. The fraction of sp³-hybridized carbons (Fsp3) is 0.188. The first-order chi connectivity index (χ1) is 10.2. The third kappa shape index (κ3) is 3.76. The van der Waals surface area contributed by atoms with Gasteiger partial charge in [-0.25, -0.2) is 4.79 Å². The van der Waals surface area contributed by atoms with Crippen LogP contribution in [0.5, 0.6) is 11.5 Å². The molecule has 110 valence electrons. The SMILES string of the molecule is COC(=O)c1ccccc1OCc1ccc(OC)c(Br)c1. The van der Waals surface area contributed by atoms with E-state index in [1.807, 2.05) is 24.3 Å². The summed E-state index contributed by atoms with van der Waals surface area (Å²) in [4.78, 5) is 11.7. The van der Waals surface area contributed by atoms with Crippen molar-refractivity contribution in [2.24, 2.45) is 0 Å². The number of methoxy groups -OCH3 is 2. The van der Waals surface area contributed by atoms with E-state index < -0.39 is 5.97 Å². The summed E-state index contributed by atoms with van der Waals surface area (Å²) < 4.78 is 16.5. The van der Waals surface area contributed by atoms with Crippen molar-refractivity contribution in [3.05, 3.63) is 58.1 Å². The molecule has 0 amide bonds. The lowest BCUT2D eigenvalue weighted by molar-refractivity contribution is 0.0595. The average Bonchev–Trinajstić information content (AvgIpc) is 2.52. The summed E-state index contributed by atoms with van der Waals surface area (Å²) in [6.45, 7) is 0.344. The van der Waals surface area contributed by atoms with Crippen molar-refractivity contribution in [2.75, 3.05) is 14.2 Å². The van der Waals surface area contributed by atoms with Gasteiger partial charge >= 0.3 is 5.97 Å². The molecule has 0 aliphatic carbocycles. The topological polar surface area (TPSA) is 44.8 Å². The second-order valence-electron chi connectivity index (χ2n) is 4.25. The molecular weight excluding hydrogens is 336 g/mol. The van der Waals surface area contributed by atoms with E-state index in [0.29, 0.717) is 17.9 Å². The highest BCUT2D eigenvalue weighted by Gasteiger charge is 2.12. The average molecular weight is 351 g/mol. The van der Waals surface area contributed by atoms with Crippen LogP contribution in [0.3, 0.4) is 0 Å². The largest absolute Gasteiger partial charge is 0.496 e. The lowest BCUT2D eigenvalue weighted by Gasteiger charge is -2.11. The number of hydrogen-bond donors (Lipinski definition) is 0. The van der Waals surface area contributed by atoms with Crippen LogP contribution in [0.25, 0.3) is 0 Å². The molecule has 0 aliphatic heterocycles. The van der Waals surface area contributed by atoms with Crippen molar-refractivity contribution in [3.63, 3.8) is 0 Å². The fourth-order valence-corrected chi connectivity index (χ4v) is 2.42. The number of carbonyl (C=O) groups excluding carboxylic acids is 1. The number of esters is 1. The molecule has 2 aromatic rings. The van der Waals surface area contributed by atoms with Gasteiger partial charge in [-0.15, -0.1) is 0 Å². The van der Waals surface area contributed by atoms with Gasteiger partial charge in [0.1, 0.15) is 23.7 Å². The first-order valence-electron chi connectivity index (χ1n) is 6.28. The molecule has 21 heavy (non-hydrogen) atoms. The zero-order chi connectivity index (χ0) is 15.2. The summed E-state index contributed by atoms with van der Waals surface area (Å²) in [5.74, 6) is 0.839. The number of halogens is 1. The van der Waals surface area contributed by atoms with Gasteiger partial charge in [-0.3, -0.25) is 0 Å². The summed E-state index contributed by atoms with van der Waals surface area (Å²) in [7, 11) is 2.96. The second kappa shape index (κ2) is 7.13. The van der Waals surface area contributed by atoms with Gasteiger partial charge in [0.15, 0.2) is 0 Å². The number of ether oxygens (including phenoxy) is 3. The molecule has 0 fully saturated rings. The first-order valence-corrected chi connectivity index (χ1v) is 7.07. The predicted molar refractivity (Wildman–Crippen MR) is 82.8 cm³/mol. The Labute approximate surface area is 131 Å². The number of carbonyl (C=O) groups is 1. The van der Waals surface area contributed by atoms with Crippen LogP contribution in [0, 0.1) is 0 Å². The quantitative estimate of drug-likeness (QED) is 0.769. The van der Waals surface area contributed by atoms with Gasteiger partial charge in [0.2, 0.25) is 0 Å². The summed E-state index contributed by atoms with van der Waals surface area (Å²) in [6.07, 6.45) is 0. The zero-order valence-electron chi connectivity index (χ0n) is 11.8. The minimum Gasteiger partial charge on any atom is -0.496 e. The van der Waals surface area contributed by atoms with Gasteiger partial charge in [0, 0.05) is 0 Å². The van der Waals surface area contributed by atoms with E-state index in [9.17, 15) is 4.79 Å². The van der Waals surface area contributed by atoms with Crippen LogP contribution >= 0.6 is 15.9 Å². The van der Waals surface area contributed by atoms with Crippen LogP contribution in [-0.4, -0.2) is 20.2 Å². The van der Waals surface area contributed by atoms with Crippen LogP contribution in [0.15, 0.2) is 46.9 Å². The summed E-state index contributed by atoms with van der Waals surface area (Å²) in [5.41, 5.74) is 1.37. The van der Waals surface area contributed by atoms with Crippen LogP contribution in [0.4, 0.5) is 0 Å². The lowest BCUT2D eigenvalue weighted by atomic mass is 10.2. The maximum atomic E-state index is 11.7. The van der Waals surface area contributed by atoms with E-state index in [1.54, 1.807) is 25.3 Å². The Morgan fingerprint density at radius 1 is 1.10 bits per heavy atom. The van der Waals surface area contributed by atoms with Gasteiger partial charge in [-0.2, -0.15) is 0 Å². The Kier molecular flexibility index (Phi) is 5.22. The van der Waals surface area contributed by atoms with E-state index in [0.717, 1.165) is 15.8 Å². The standard InChI is InChI=1S/C16H15BrO4/c1-19-15-8-7-11(9-13(15)17)10-21-14-6-4-3-5-12(14)16(18)20-2/h3-9H,10H2,1-2H3. The molecule has 0 heterocycles. The third-order valence-corrected chi connectivity index (χ3v) is 3.52. The number of para-hydroxylation sites is 1. The molecular formula is C16H15BrO4. The Morgan fingerprint density at radius 3 is 2.52 bits per heavy atom.